The van der Waals surface area contributed by atoms with Crippen molar-refractivity contribution in [1.82, 2.24) is 4.90 Å². The van der Waals surface area contributed by atoms with Crippen LogP contribution in [-0.4, -0.2) is 73.0 Å². The summed E-state index contributed by atoms with van der Waals surface area (Å²) in [6.45, 7) is 0.218. The molecule has 1 unspecified atom stereocenters. The maximum Gasteiger partial charge on any atom is 0.266 e. The van der Waals surface area contributed by atoms with Gasteiger partial charge in [-0.25, -0.2) is 0 Å². The van der Waals surface area contributed by atoms with Crippen molar-refractivity contribution in [2.24, 2.45) is 0 Å². The van der Waals surface area contributed by atoms with E-state index >= 15 is 0 Å². The molecule has 0 spiro atoms. The average molecular weight is 339 g/mol. The summed E-state index contributed by atoms with van der Waals surface area (Å²) in [6.07, 6.45) is 0. The first kappa shape index (κ1) is 18.5. The maximum absolute atomic E-state index is 10.6. The molecule has 7 nitrogen and oxygen atoms in total. The van der Waals surface area contributed by atoms with Crippen LogP contribution in [0, 0.1) is 0 Å². The Morgan fingerprint density at radius 3 is 1.67 bits per heavy atom. The summed E-state index contributed by atoms with van der Waals surface area (Å²) in [5.74, 6) is -0.589. The first-order chi connectivity index (χ1) is 8.03. The van der Waals surface area contributed by atoms with Crippen LogP contribution in [0.5, 0.6) is 0 Å². The second-order valence-corrected chi connectivity index (χ2v) is 7.95. The van der Waals surface area contributed by atoms with Crippen LogP contribution in [0.1, 0.15) is 0 Å². The molecule has 0 saturated heterocycles. The molecule has 0 aliphatic rings. The van der Waals surface area contributed by atoms with E-state index in [0.29, 0.717) is 12.3 Å². The van der Waals surface area contributed by atoms with Crippen molar-refractivity contribution in [3.63, 3.8) is 0 Å². The van der Waals surface area contributed by atoms with Crippen molar-refractivity contribution in [2.45, 2.75) is 5.25 Å². The van der Waals surface area contributed by atoms with Gasteiger partial charge in [0.25, 0.3) is 20.2 Å². The van der Waals surface area contributed by atoms with E-state index in [1.807, 2.05) is 0 Å². The van der Waals surface area contributed by atoms with Crippen molar-refractivity contribution in [1.29, 1.82) is 0 Å². The molecule has 0 radical (unpaired) electrons. The molecule has 1 atom stereocenters. The molecule has 2 N–H and O–H groups in total. The predicted octanol–water partition coefficient (Wildman–Crippen LogP) is -0.708. The minimum atomic E-state index is -4.11. The van der Waals surface area contributed by atoms with Gasteiger partial charge in [-0.1, -0.05) is 0 Å². The van der Waals surface area contributed by atoms with Crippen LogP contribution in [0.4, 0.5) is 0 Å². The maximum atomic E-state index is 10.6. The third-order valence-electron chi connectivity index (χ3n) is 2.01. The molecule has 0 bridgehead atoms. The second kappa shape index (κ2) is 7.92. The summed E-state index contributed by atoms with van der Waals surface area (Å²) < 4.78 is 59.7. The van der Waals surface area contributed by atoms with E-state index in [9.17, 15) is 16.8 Å². The van der Waals surface area contributed by atoms with Crippen molar-refractivity contribution in [3.8, 4) is 0 Å². The fraction of sp³-hybridized carbons (Fsp3) is 1.00. The first-order valence-electron chi connectivity index (χ1n) is 4.95. The van der Waals surface area contributed by atoms with Crippen LogP contribution in [0.2, 0.25) is 0 Å². The Morgan fingerprint density at radius 2 is 1.39 bits per heavy atom. The molecular weight excluding hydrogens is 322 g/mol. The Morgan fingerprint density at radius 1 is 1.00 bits per heavy atom. The molecule has 0 aliphatic heterocycles. The Kier molecular flexibility index (Phi) is 8.13. The zero-order valence-corrected chi connectivity index (χ0v) is 12.9. The first-order valence-corrected chi connectivity index (χ1v) is 9.32. The molecule has 0 fully saturated rings. The number of thiol groups is 2. The number of rotatable bonds is 9. The fourth-order valence-electron chi connectivity index (χ4n) is 1.14. The van der Waals surface area contributed by atoms with Crippen LogP contribution >= 0.6 is 25.3 Å². The SMILES string of the molecule is O=S(=O)(O)CCN(CCS(=O)(=O)O)CC(S)CS. The smallest absolute Gasteiger partial charge is 0.266 e. The van der Waals surface area contributed by atoms with E-state index in [1.54, 1.807) is 0 Å². The summed E-state index contributed by atoms with van der Waals surface area (Å²) in [6, 6.07) is 0. The van der Waals surface area contributed by atoms with E-state index in [0.717, 1.165) is 0 Å². The highest BCUT2D eigenvalue weighted by molar-refractivity contribution is 7.86. The van der Waals surface area contributed by atoms with Gasteiger partial charge in [0.15, 0.2) is 0 Å². The van der Waals surface area contributed by atoms with Gasteiger partial charge >= 0.3 is 0 Å². The minimum absolute atomic E-state index is 0.0425. The van der Waals surface area contributed by atoms with Gasteiger partial charge in [-0.3, -0.25) is 9.11 Å². The van der Waals surface area contributed by atoms with E-state index in [2.05, 4.69) is 25.3 Å². The number of nitrogens with zero attached hydrogens (tertiary/aromatic N) is 1. The minimum Gasteiger partial charge on any atom is -0.300 e. The van der Waals surface area contributed by atoms with Crippen LogP contribution in [0.3, 0.4) is 0 Å². The Hall–Kier alpha value is 0.480. The van der Waals surface area contributed by atoms with Crippen molar-refractivity contribution in [3.05, 3.63) is 0 Å². The average Bonchev–Trinajstić information content (AvgIpc) is 2.19. The monoisotopic (exact) mass is 339 g/mol. The molecule has 18 heavy (non-hydrogen) atoms. The molecule has 11 heteroatoms. The molecule has 0 aromatic rings. The normalized spacial score (nSPS) is 14.9. The second-order valence-electron chi connectivity index (χ2n) is 3.71. The van der Waals surface area contributed by atoms with Crippen LogP contribution in [-0.2, 0) is 20.2 Å². The molecule has 0 aromatic carbocycles. The standard InChI is InChI=1S/C7H17NO6S4/c9-17(10,11)3-1-8(5-7(16)6-15)2-4-18(12,13)14/h7,15-16H,1-6H2,(H,9,10,11)(H,12,13,14). The summed E-state index contributed by atoms with van der Waals surface area (Å²) >= 11 is 8.16. The van der Waals surface area contributed by atoms with Gasteiger partial charge in [-0.2, -0.15) is 42.1 Å². The van der Waals surface area contributed by atoms with E-state index < -0.39 is 31.7 Å². The van der Waals surface area contributed by atoms with Crippen molar-refractivity contribution >= 4 is 45.5 Å². The van der Waals surface area contributed by atoms with Gasteiger partial charge in [0.05, 0.1) is 11.5 Å². The fourth-order valence-corrected chi connectivity index (χ4v) is 2.46. The van der Waals surface area contributed by atoms with E-state index in [1.165, 1.54) is 4.90 Å². The lowest BCUT2D eigenvalue weighted by molar-refractivity contribution is 0.305. The summed E-state index contributed by atoms with van der Waals surface area (Å²) in [5.41, 5.74) is 0. The van der Waals surface area contributed by atoms with Crippen molar-refractivity contribution < 1.29 is 25.9 Å². The lowest BCUT2D eigenvalue weighted by Crippen LogP contribution is -2.37. The lowest BCUT2D eigenvalue weighted by atomic mass is 10.4. The van der Waals surface area contributed by atoms with Gasteiger partial charge in [0.2, 0.25) is 0 Å². The molecule has 0 amide bonds. The van der Waals surface area contributed by atoms with E-state index in [4.69, 9.17) is 9.11 Å². The summed E-state index contributed by atoms with van der Waals surface area (Å²) in [7, 11) is -8.23. The molecular formula is C7H17NO6S4. The quantitative estimate of drug-likeness (QED) is 0.324. The molecule has 0 rings (SSSR count). The Balaban J connectivity index is 4.42. The zero-order chi connectivity index (χ0) is 14.4. The van der Waals surface area contributed by atoms with Gasteiger partial charge in [-0.05, 0) is 0 Å². The van der Waals surface area contributed by atoms with Gasteiger partial charge in [0, 0.05) is 30.6 Å². The molecule has 0 saturated carbocycles. The molecule has 110 valence electrons. The van der Waals surface area contributed by atoms with Crippen molar-refractivity contribution in [2.75, 3.05) is 36.9 Å². The van der Waals surface area contributed by atoms with Gasteiger partial charge in [-0.15, -0.1) is 0 Å². The van der Waals surface area contributed by atoms with Crippen LogP contribution < -0.4 is 0 Å². The van der Waals surface area contributed by atoms with Gasteiger partial charge < -0.3 is 4.90 Å². The highest BCUT2D eigenvalue weighted by Crippen LogP contribution is 2.03. The Bertz CT molecular complexity index is 397. The summed E-state index contributed by atoms with van der Waals surface area (Å²) in [5, 5.41) is -0.170. The Labute approximate surface area is 118 Å². The lowest BCUT2D eigenvalue weighted by Gasteiger charge is -2.23. The largest absolute Gasteiger partial charge is 0.300 e. The number of hydrogen-bond acceptors (Lipinski definition) is 7. The third kappa shape index (κ3) is 11.6. The molecule has 0 aliphatic carbocycles. The number of hydrogen-bond donors (Lipinski definition) is 4. The highest BCUT2D eigenvalue weighted by atomic mass is 32.2. The predicted molar refractivity (Wildman–Crippen MR) is 75.9 cm³/mol. The molecule has 0 aromatic heterocycles. The molecule has 0 heterocycles. The topological polar surface area (TPSA) is 112 Å². The third-order valence-corrected chi connectivity index (χ3v) is 4.48. The van der Waals surface area contributed by atoms with Crippen LogP contribution in [0.25, 0.3) is 0 Å². The summed E-state index contributed by atoms with van der Waals surface area (Å²) in [4.78, 5) is 1.48. The van der Waals surface area contributed by atoms with Crippen LogP contribution in [0.15, 0.2) is 0 Å². The van der Waals surface area contributed by atoms with Gasteiger partial charge in [0.1, 0.15) is 0 Å². The van der Waals surface area contributed by atoms with E-state index in [-0.39, 0.29) is 18.3 Å². The zero-order valence-electron chi connectivity index (χ0n) is 9.51. The highest BCUT2D eigenvalue weighted by Gasteiger charge is 2.16.